The number of aryl methyl sites for hydroxylation is 3. The zero-order chi connectivity index (χ0) is 18.1. The van der Waals surface area contributed by atoms with E-state index in [1.54, 1.807) is 0 Å². The fraction of sp³-hybridized carbons (Fsp3) is 0.333. The molecule has 26 heavy (non-hydrogen) atoms. The smallest absolute Gasteiger partial charge is 0.262 e. The zero-order valence-electron chi connectivity index (χ0n) is 14.9. The Morgan fingerprint density at radius 3 is 2.73 bits per heavy atom. The summed E-state index contributed by atoms with van der Waals surface area (Å²) in [5.74, 6) is 0.749. The molecule has 2 amide bonds. The summed E-state index contributed by atoms with van der Waals surface area (Å²) in [4.78, 5) is 26.3. The lowest BCUT2D eigenvalue weighted by molar-refractivity contribution is -0.119. The Hall–Kier alpha value is -2.82. The lowest BCUT2D eigenvalue weighted by atomic mass is 9.91. The molecule has 0 saturated heterocycles. The summed E-state index contributed by atoms with van der Waals surface area (Å²) in [5.41, 5.74) is 5.16. The van der Waals surface area contributed by atoms with Gasteiger partial charge in [-0.25, -0.2) is 0 Å². The molecule has 1 N–H and O–H groups in total. The Bertz CT molecular complexity index is 858. The minimum atomic E-state index is -0.181. The third-order valence-electron chi connectivity index (χ3n) is 5.01. The van der Waals surface area contributed by atoms with Crippen molar-refractivity contribution in [1.82, 2.24) is 0 Å². The highest BCUT2D eigenvalue weighted by Crippen LogP contribution is 2.37. The first-order valence-electron chi connectivity index (χ1n) is 9.06. The second-order valence-electron chi connectivity index (χ2n) is 6.89. The van der Waals surface area contributed by atoms with E-state index >= 15 is 0 Å². The quantitative estimate of drug-likeness (QED) is 0.921. The number of ether oxygens (including phenoxy) is 1. The topological polar surface area (TPSA) is 58.6 Å². The van der Waals surface area contributed by atoms with Gasteiger partial charge in [-0.1, -0.05) is 18.2 Å². The van der Waals surface area contributed by atoms with Crippen molar-refractivity contribution in [3.8, 4) is 5.75 Å². The molecule has 134 valence electrons. The van der Waals surface area contributed by atoms with Crippen LogP contribution >= 0.6 is 0 Å². The van der Waals surface area contributed by atoms with Crippen LogP contribution in [0, 0.1) is 6.92 Å². The minimum Gasteiger partial charge on any atom is -0.483 e. The van der Waals surface area contributed by atoms with Gasteiger partial charge in [0.05, 0.1) is 5.69 Å². The number of benzene rings is 2. The summed E-state index contributed by atoms with van der Waals surface area (Å²) in [5, 5.41) is 2.94. The molecular weight excluding hydrogens is 328 g/mol. The van der Waals surface area contributed by atoms with Crippen molar-refractivity contribution in [3.05, 3.63) is 53.1 Å². The van der Waals surface area contributed by atoms with E-state index in [1.807, 2.05) is 48.2 Å². The molecule has 0 saturated carbocycles. The first-order valence-corrected chi connectivity index (χ1v) is 9.06. The molecule has 0 bridgehead atoms. The average Bonchev–Trinajstić information content (AvgIpc) is 2.64. The van der Waals surface area contributed by atoms with Crippen LogP contribution in [0.4, 0.5) is 11.4 Å². The number of nitrogens with zero attached hydrogens (tertiary/aromatic N) is 1. The predicted octanol–water partition coefficient (Wildman–Crippen LogP) is 3.24. The minimum absolute atomic E-state index is 0.0259. The summed E-state index contributed by atoms with van der Waals surface area (Å²) in [7, 11) is 0. The van der Waals surface area contributed by atoms with E-state index in [9.17, 15) is 9.59 Å². The molecule has 2 aromatic carbocycles. The number of para-hydroxylation sites is 1. The Kier molecular flexibility index (Phi) is 4.37. The van der Waals surface area contributed by atoms with E-state index in [2.05, 4.69) is 5.32 Å². The molecule has 2 aromatic rings. The summed E-state index contributed by atoms with van der Waals surface area (Å²) >= 11 is 0. The van der Waals surface area contributed by atoms with E-state index in [-0.39, 0.29) is 18.4 Å². The van der Waals surface area contributed by atoms with Crippen molar-refractivity contribution < 1.29 is 14.3 Å². The average molecular weight is 350 g/mol. The maximum atomic E-state index is 12.3. The summed E-state index contributed by atoms with van der Waals surface area (Å²) < 4.78 is 5.62. The summed E-state index contributed by atoms with van der Waals surface area (Å²) in [6.45, 7) is 2.73. The van der Waals surface area contributed by atoms with Gasteiger partial charge in [0.2, 0.25) is 5.91 Å². The van der Waals surface area contributed by atoms with Crippen LogP contribution < -0.4 is 15.0 Å². The fourth-order valence-corrected chi connectivity index (χ4v) is 3.78. The van der Waals surface area contributed by atoms with Gasteiger partial charge in [-0.3, -0.25) is 9.59 Å². The highest BCUT2D eigenvalue weighted by molar-refractivity contribution is 5.99. The molecule has 0 fully saturated rings. The van der Waals surface area contributed by atoms with Crippen LogP contribution in [-0.2, 0) is 22.4 Å². The maximum absolute atomic E-state index is 12.3. The van der Waals surface area contributed by atoms with Crippen LogP contribution in [0.5, 0.6) is 5.75 Å². The summed E-state index contributed by atoms with van der Waals surface area (Å²) in [6, 6.07) is 11.6. The van der Waals surface area contributed by atoms with Gasteiger partial charge in [-0.2, -0.15) is 0 Å². The molecule has 0 aromatic heterocycles. The summed E-state index contributed by atoms with van der Waals surface area (Å²) in [6.07, 6.45) is 3.18. The number of carbonyl (C=O) groups excluding carboxylic acids is 2. The monoisotopic (exact) mass is 350 g/mol. The lowest BCUT2D eigenvalue weighted by Gasteiger charge is -2.35. The number of amides is 2. The molecule has 0 unspecified atom stereocenters. The maximum Gasteiger partial charge on any atom is 0.262 e. The van der Waals surface area contributed by atoms with E-state index in [0.29, 0.717) is 6.42 Å². The van der Waals surface area contributed by atoms with Crippen LogP contribution in [0.1, 0.15) is 29.5 Å². The van der Waals surface area contributed by atoms with E-state index in [4.69, 9.17) is 4.74 Å². The van der Waals surface area contributed by atoms with Crippen molar-refractivity contribution in [2.75, 3.05) is 23.4 Å². The van der Waals surface area contributed by atoms with Gasteiger partial charge in [-0.15, -0.1) is 0 Å². The third-order valence-corrected chi connectivity index (χ3v) is 5.01. The van der Waals surface area contributed by atoms with Gasteiger partial charge in [0.1, 0.15) is 5.75 Å². The van der Waals surface area contributed by atoms with Crippen LogP contribution in [0.3, 0.4) is 0 Å². The van der Waals surface area contributed by atoms with E-state index < -0.39 is 0 Å². The molecule has 2 aliphatic rings. The van der Waals surface area contributed by atoms with Gasteiger partial charge < -0.3 is 15.0 Å². The molecule has 0 atom stereocenters. The van der Waals surface area contributed by atoms with E-state index in [0.717, 1.165) is 59.6 Å². The van der Waals surface area contributed by atoms with Crippen LogP contribution in [0.15, 0.2) is 36.4 Å². The Labute approximate surface area is 153 Å². The Morgan fingerprint density at radius 2 is 1.92 bits per heavy atom. The van der Waals surface area contributed by atoms with Gasteiger partial charge in [0, 0.05) is 18.7 Å². The number of nitrogens with one attached hydrogen (secondary N) is 1. The lowest BCUT2D eigenvalue weighted by Crippen LogP contribution is -2.39. The van der Waals surface area contributed by atoms with E-state index in [1.165, 1.54) is 0 Å². The molecular formula is C21H22N2O3. The second-order valence-corrected chi connectivity index (χ2v) is 6.89. The van der Waals surface area contributed by atoms with Crippen LogP contribution in [0.2, 0.25) is 0 Å². The number of hydrogen-bond donors (Lipinski definition) is 1. The molecule has 4 rings (SSSR count). The molecule has 5 nitrogen and oxygen atoms in total. The Morgan fingerprint density at radius 1 is 1.15 bits per heavy atom. The second kappa shape index (κ2) is 6.83. The fourth-order valence-electron chi connectivity index (χ4n) is 3.78. The Balaban J connectivity index is 1.48. The van der Waals surface area contributed by atoms with Gasteiger partial charge in [0.25, 0.3) is 5.91 Å². The number of hydrogen-bond acceptors (Lipinski definition) is 3. The van der Waals surface area contributed by atoms with Crippen molar-refractivity contribution in [1.29, 1.82) is 0 Å². The van der Waals surface area contributed by atoms with Crippen molar-refractivity contribution >= 4 is 23.2 Å². The number of rotatable bonds is 4. The van der Waals surface area contributed by atoms with Crippen molar-refractivity contribution in [2.24, 2.45) is 0 Å². The van der Waals surface area contributed by atoms with Gasteiger partial charge >= 0.3 is 0 Å². The molecule has 2 heterocycles. The first kappa shape index (κ1) is 16.6. The first-order chi connectivity index (χ1) is 12.6. The standard InChI is InChI=1S/C21H22N2O3/c1-14-5-2-3-7-18(14)26-13-19(24)22-17-11-15-6-4-10-23-20(25)9-8-16(12-17)21(15)23/h2-3,5,7,11-12H,4,6,8-10,13H2,1H3,(H,22,24). The van der Waals surface area contributed by atoms with Crippen LogP contribution in [-0.4, -0.2) is 25.0 Å². The van der Waals surface area contributed by atoms with Crippen LogP contribution in [0.25, 0.3) is 0 Å². The molecule has 5 heteroatoms. The highest BCUT2D eigenvalue weighted by atomic mass is 16.5. The highest BCUT2D eigenvalue weighted by Gasteiger charge is 2.29. The predicted molar refractivity (Wildman–Crippen MR) is 101 cm³/mol. The molecule has 0 spiro atoms. The largest absolute Gasteiger partial charge is 0.483 e. The van der Waals surface area contributed by atoms with Gasteiger partial charge in [-0.05, 0) is 61.1 Å². The molecule has 2 aliphatic heterocycles. The number of carbonyl (C=O) groups is 2. The third kappa shape index (κ3) is 3.17. The SMILES string of the molecule is Cc1ccccc1OCC(=O)Nc1cc2c3c(c1)CCC(=O)N3CCC2. The number of anilines is 2. The normalized spacial score (nSPS) is 15.4. The molecule has 0 radical (unpaired) electrons. The van der Waals surface area contributed by atoms with Gasteiger partial charge in [0.15, 0.2) is 6.61 Å². The van der Waals surface area contributed by atoms with Crippen molar-refractivity contribution in [2.45, 2.75) is 32.6 Å². The zero-order valence-corrected chi connectivity index (χ0v) is 14.9. The van der Waals surface area contributed by atoms with Crippen molar-refractivity contribution in [3.63, 3.8) is 0 Å². The molecule has 0 aliphatic carbocycles.